The third-order valence-electron chi connectivity index (χ3n) is 1.66. The summed E-state index contributed by atoms with van der Waals surface area (Å²) in [6.07, 6.45) is 3.45. The zero-order valence-electron chi connectivity index (χ0n) is 8.02. The third kappa shape index (κ3) is 2.10. The van der Waals surface area contributed by atoms with Crippen molar-refractivity contribution >= 4 is 12.0 Å². The van der Waals surface area contributed by atoms with E-state index in [9.17, 15) is 4.79 Å². The van der Waals surface area contributed by atoms with Crippen molar-refractivity contribution in [2.75, 3.05) is 7.11 Å². The number of pyridine rings is 1. The molecule has 1 N–H and O–H groups in total. The van der Waals surface area contributed by atoms with Crippen LogP contribution in [0.2, 0.25) is 0 Å². The second kappa shape index (κ2) is 4.41. The number of aromatic carboxylic acids is 1. The Kier molecular flexibility index (Phi) is 3.23. The van der Waals surface area contributed by atoms with Gasteiger partial charge in [0, 0.05) is 11.6 Å². The molecule has 0 saturated carbocycles. The van der Waals surface area contributed by atoms with E-state index >= 15 is 0 Å². The number of hydrogen-bond donors (Lipinski definition) is 1. The standard InChI is InChI=1S/C10H11NO3/c1-3-4-7-5-6-8(14-2)11-9(7)10(12)13/h3-6H,1-2H3,(H,12,13)/b4-3+. The lowest BCUT2D eigenvalue weighted by atomic mass is 10.2. The Labute approximate surface area is 81.9 Å². The number of nitrogens with zero attached hydrogens (tertiary/aromatic N) is 1. The molecule has 0 unspecified atom stereocenters. The van der Waals surface area contributed by atoms with Gasteiger partial charge >= 0.3 is 5.97 Å². The number of ether oxygens (including phenoxy) is 1. The predicted octanol–water partition coefficient (Wildman–Crippen LogP) is 1.82. The van der Waals surface area contributed by atoms with E-state index in [4.69, 9.17) is 9.84 Å². The molecule has 0 radical (unpaired) electrons. The molecule has 0 aliphatic carbocycles. The fourth-order valence-corrected chi connectivity index (χ4v) is 1.05. The highest BCUT2D eigenvalue weighted by atomic mass is 16.5. The fourth-order valence-electron chi connectivity index (χ4n) is 1.05. The van der Waals surface area contributed by atoms with Crippen LogP contribution >= 0.6 is 0 Å². The second-order valence-corrected chi connectivity index (χ2v) is 2.60. The second-order valence-electron chi connectivity index (χ2n) is 2.60. The molecular formula is C10H11NO3. The summed E-state index contributed by atoms with van der Waals surface area (Å²) in [4.78, 5) is 14.6. The van der Waals surface area contributed by atoms with E-state index in [1.807, 2.05) is 6.92 Å². The molecule has 0 amide bonds. The van der Waals surface area contributed by atoms with E-state index in [1.165, 1.54) is 7.11 Å². The molecule has 0 aromatic carbocycles. The van der Waals surface area contributed by atoms with Crippen LogP contribution < -0.4 is 4.74 Å². The van der Waals surface area contributed by atoms with E-state index in [2.05, 4.69) is 4.98 Å². The molecule has 4 nitrogen and oxygen atoms in total. The number of carboxylic acids is 1. The monoisotopic (exact) mass is 193 g/mol. The van der Waals surface area contributed by atoms with Gasteiger partial charge in [0.15, 0.2) is 5.69 Å². The molecule has 0 saturated heterocycles. The molecule has 0 atom stereocenters. The number of carboxylic acid groups (broad SMARTS) is 1. The maximum absolute atomic E-state index is 10.8. The van der Waals surface area contributed by atoms with Crippen LogP contribution in [-0.4, -0.2) is 23.2 Å². The minimum Gasteiger partial charge on any atom is -0.481 e. The number of carbonyl (C=O) groups is 1. The highest BCUT2D eigenvalue weighted by molar-refractivity contribution is 5.90. The van der Waals surface area contributed by atoms with Gasteiger partial charge < -0.3 is 9.84 Å². The molecule has 0 aliphatic heterocycles. The van der Waals surface area contributed by atoms with Crippen molar-refractivity contribution in [3.8, 4) is 5.88 Å². The Balaban J connectivity index is 3.23. The number of methoxy groups -OCH3 is 1. The van der Waals surface area contributed by atoms with Crippen molar-refractivity contribution in [1.29, 1.82) is 0 Å². The van der Waals surface area contributed by atoms with Gasteiger partial charge in [-0.05, 0) is 13.0 Å². The summed E-state index contributed by atoms with van der Waals surface area (Å²) >= 11 is 0. The summed E-state index contributed by atoms with van der Waals surface area (Å²) in [6, 6.07) is 3.29. The van der Waals surface area contributed by atoms with Crippen molar-refractivity contribution in [2.45, 2.75) is 6.92 Å². The summed E-state index contributed by atoms with van der Waals surface area (Å²) in [5.41, 5.74) is 0.572. The first-order valence-electron chi connectivity index (χ1n) is 4.10. The zero-order valence-corrected chi connectivity index (χ0v) is 8.02. The molecule has 14 heavy (non-hydrogen) atoms. The number of hydrogen-bond acceptors (Lipinski definition) is 3. The Morgan fingerprint density at radius 1 is 1.57 bits per heavy atom. The Morgan fingerprint density at radius 2 is 2.29 bits per heavy atom. The molecular weight excluding hydrogens is 182 g/mol. The maximum Gasteiger partial charge on any atom is 0.355 e. The molecule has 1 rings (SSSR count). The topological polar surface area (TPSA) is 59.4 Å². The fraction of sp³-hybridized carbons (Fsp3) is 0.200. The normalized spacial score (nSPS) is 10.4. The van der Waals surface area contributed by atoms with Crippen LogP contribution in [0, 0.1) is 0 Å². The van der Waals surface area contributed by atoms with Crippen LogP contribution in [0.1, 0.15) is 23.0 Å². The molecule has 0 fully saturated rings. The number of allylic oxidation sites excluding steroid dienone is 1. The van der Waals surface area contributed by atoms with Gasteiger partial charge in [0.25, 0.3) is 0 Å². The van der Waals surface area contributed by atoms with Crippen molar-refractivity contribution < 1.29 is 14.6 Å². The largest absolute Gasteiger partial charge is 0.481 e. The van der Waals surface area contributed by atoms with E-state index < -0.39 is 5.97 Å². The molecule has 1 aromatic rings. The first-order chi connectivity index (χ1) is 6.69. The minimum absolute atomic E-state index is 0.00227. The van der Waals surface area contributed by atoms with Crippen LogP contribution in [0.4, 0.5) is 0 Å². The Bertz CT molecular complexity index is 372. The van der Waals surface area contributed by atoms with Crippen LogP contribution in [0.3, 0.4) is 0 Å². The summed E-state index contributed by atoms with van der Waals surface area (Å²) < 4.78 is 4.84. The van der Waals surface area contributed by atoms with E-state index in [-0.39, 0.29) is 5.69 Å². The molecule has 0 spiro atoms. The van der Waals surface area contributed by atoms with E-state index in [0.29, 0.717) is 11.4 Å². The van der Waals surface area contributed by atoms with Gasteiger partial charge in [-0.15, -0.1) is 0 Å². The average molecular weight is 193 g/mol. The van der Waals surface area contributed by atoms with E-state index in [0.717, 1.165) is 0 Å². The van der Waals surface area contributed by atoms with Crippen molar-refractivity contribution in [1.82, 2.24) is 4.98 Å². The lowest BCUT2D eigenvalue weighted by Crippen LogP contribution is -2.04. The Hall–Kier alpha value is -1.84. The van der Waals surface area contributed by atoms with E-state index in [1.54, 1.807) is 24.3 Å². The summed E-state index contributed by atoms with van der Waals surface area (Å²) in [7, 11) is 1.45. The Morgan fingerprint density at radius 3 is 2.79 bits per heavy atom. The number of aromatic nitrogens is 1. The molecule has 0 aliphatic rings. The molecule has 74 valence electrons. The predicted molar refractivity (Wildman–Crippen MR) is 52.5 cm³/mol. The molecule has 1 heterocycles. The van der Waals surface area contributed by atoms with Gasteiger partial charge in [-0.2, -0.15) is 0 Å². The van der Waals surface area contributed by atoms with Gasteiger partial charge in [-0.1, -0.05) is 12.2 Å². The molecule has 4 heteroatoms. The zero-order chi connectivity index (χ0) is 10.6. The highest BCUT2D eigenvalue weighted by Crippen LogP contribution is 2.14. The van der Waals surface area contributed by atoms with Crippen molar-refractivity contribution in [3.63, 3.8) is 0 Å². The first-order valence-corrected chi connectivity index (χ1v) is 4.10. The van der Waals surface area contributed by atoms with Crippen LogP contribution in [0.15, 0.2) is 18.2 Å². The average Bonchev–Trinajstić information content (AvgIpc) is 2.18. The van der Waals surface area contributed by atoms with Gasteiger partial charge in [0.1, 0.15) is 0 Å². The highest BCUT2D eigenvalue weighted by Gasteiger charge is 2.10. The van der Waals surface area contributed by atoms with Crippen LogP contribution in [-0.2, 0) is 0 Å². The lowest BCUT2D eigenvalue weighted by Gasteiger charge is -2.03. The lowest BCUT2D eigenvalue weighted by molar-refractivity contribution is 0.0689. The summed E-state index contributed by atoms with van der Waals surface area (Å²) in [5.74, 6) is -0.757. The van der Waals surface area contributed by atoms with Gasteiger partial charge in [0.05, 0.1) is 7.11 Å². The minimum atomic E-state index is -1.06. The van der Waals surface area contributed by atoms with Crippen molar-refractivity contribution in [3.05, 3.63) is 29.5 Å². The smallest absolute Gasteiger partial charge is 0.355 e. The van der Waals surface area contributed by atoms with Gasteiger partial charge in [0.2, 0.25) is 5.88 Å². The van der Waals surface area contributed by atoms with Crippen LogP contribution in [0.25, 0.3) is 6.08 Å². The SMILES string of the molecule is C/C=C/c1ccc(OC)nc1C(=O)O. The third-order valence-corrected chi connectivity index (χ3v) is 1.66. The molecule has 0 bridgehead atoms. The summed E-state index contributed by atoms with van der Waals surface area (Å²) in [5, 5.41) is 8.86. The quantitative estimate of drug-likeness (QED) is 0.795. The summed E-state index contributed by atoms with van der Waals surface area (Å²) in [6.45, 7) is 1.82. The maximum atomic E-state index is 10.8. The van der Waals surface area contributed by atoms with Crippen molar-refractivity contribution in [2.24, 2.45) is 0 Å². The number of rotatable bonds is 3. The van der Waals surface area contributed by atoms with Gasteiger partial charge in [-0.3, -0.25) is 0 Å². The van der Waals surface area contributed by atoms with Gasteiger partial charge in [-0.25, -0.2) is 9.78 Å². The molecule has 1 aromatic heterocycles. The van der Waals surface area contributed by atoms with Crippen LogP contribution in [0.5, 0.6) is 5.88 Å². The first kappa shape index (κ1) is 10.2.